The minimum absolute atomic E-state index is 0.103. The number of aliphatic hydroxyl groups excluding tert-OH is 1. The summed E-state index contributed by atoms with van der Waals surface area (Å²) in [4.78, 5) is 11.8. The number of aliphatic hydroxyl groups is 1. The van der Waals surface area contributed by atoms with Crippen LogP contribution >= 0.6 is 0 Å². The first kappa shape index (κ1) is 13.4. The Hall–Kier alpha value is -1.62. The highest BCUT2D eigenvalue weighted by molar-refractivity contribution is 5.93. The van der Waals surface area contributed by atoms with Crippen LogP contribution in [-0.4, -0.2) is 23.7 Å². The summed E-state index contributed by atoms with van der Waals surface area (Å²) >= 11 is 0. The highest BCUT2D eigenvalue weighted by atomic mass is 16.5. The summed E-state index contributed by atoms with van der Waals surface area (Å²) in [6.07, 6.45) is 3.22. The molecule has 1 amide bonds. The molecule has 17 heavy (non-hydrogen) atoms. The second-order valence-corrected chi connectivity index (χ2v) is 4.44. The Balaban J connectivity index is 2.64. The van der Waals surface area contributed by atoms with Crippen LogP contribution in [0.4, 0.5) is 0 Å². The van der Waals surface area contributed by atoms with Gasteiger partial charge in [0.1, 0.15) is 5.56 Å². The Morgan fingerprint density at radius 1 is 1.59 bits per heavy atom. The van der Waals surface area contributed by atoms with Crippen LogP contribution in [0.2, 0.25) is 0 Å². The highest BCUT2D eigenvalue weighted by Gasteiger charge is 2.15. The van der Waals surface area contributed by atoms with Gasteiger partial charge >= 0.3 is 0 Å². The molecule has 1 rings (SSSR count). The van der Waals surface area contributed by atoms with Crippen molar-refractivity contribution in [3.63, 3.8) is 0 Å². The lowest BCUT2D eigenvalue weighted by Gasteiger charge is -2.17. The molecule has 0 radical (unpaired) electrons. The molecule has 1 atom stereocenters. The lowest BCUT2D eigenvalue weighted by Crippen LogP contribution is -2.39. The minimum atomic E-state index is -0.338. The SMILES string of the molecule is CC(C)CC(CO)NC(=O)c1ccc[n+]([O-])c1. The number of hydrogen-bond donors (Lipinski definition) is 2. The first-order valence-electron chi connectivity index (χ1n) is 5.63. The van der Waals surface area contributed by atoms with Crippen LogP contribution in [0.1, 0.15) is 30.6 Å². The number of nitrogens with zero attached hydrogens (tertiary/aromatic N) is 1. The van der Waals surface area contributed by atoms with E-state index in [4.69, 9.17) is 5.11 Å². The zero-order valence-corrected chi connectivity index (χ0v) is 10.1. The van der Waals surface area contributed by atoms with Gasteiger partial charge in [-0.1, -0.05) is 13.8 Å². The molecule has 0 fully saturated rings. The maximum Gasteiger partial charge on any atom is 0.257 e. The second kappa shape index (κ2) is 6.20. The summed E-state index contributed by atoms with van der Waals surface area (Å²) in [5, 5.41) is 22.9. The van der Waals surface area contributed by atoms with E-state index in [1.54, 1.807) is 6.07 Å². The normalized spacial score (nSPS) is 12.5. The van der Waals surface area contributed by atoms with Gasteiger partial charge in [0.15, 0.2) is 12.4 Å². The number of nitrogens with one attached hydrogen (secondary N) is 1. The van der Waals surface area contributed by atoms with Gasteiger partial charge < -0.3 is 15.6 Å². The summed E-state index contributed by atoms with van der Waals surface area (Å²) < 4.78 is 0.575. The molecule has 0 aliphatic heterocycles. The summed E-state index contributed by atoms with van der Waals surface area (Å²) in [6, 6.07) is 2.80. The van der Waals surface area contributed by atoms with Crippen molar-refractivity contribution in [3.05, 3.63) is 35.3 Å². The summed E-state index contributed by atoms with van der Waals surface area (Å²) in [5.41, 5.74) is 0.296. The quantitative estimate of drug-likeness (QED) is 0.578. The molecule has 2 N–H and O–H groups in total. The van der Waals surface area contributed by atoms with E-state index in [9.17, 15) is 10.0 Å². The number of amides is 1. The van der Waals surface area contributed by atoms with Crippen LogP contribution in [-0.2, 0) is 0 Å². The van der Waals surface area contributed by atoms with Crippen molar-refractivity contribution >= 4 is 5.91 Å². The van der Waals surface area contributed by atoms with Crippen LogP contribution in [0.5, 0.6) is 0 Å². The predicted octanol–water partition coefficient (Wildman–Crippen LogP) is 0.457. The third-order valence-corrected chi connectivity index (χ3v) is 2.35. The molecule has 0 aromatic carbocycles. The van der Waals surface area contributed by atoms with Crippen molar-refractivity contribution in [2.24, 2.45) is 5.92 Å². The fourth-order valence-corrected chi connectivity index (χ4v) is 1.61. The smallest absolute Gasteiger partial charge is 0.257 e. The van der Waals surface area contributed by atoms with Gasteiger partial charge in [-0.15, -0.1) is 0 Å². The van der Waals surface area contributed by atoms with Crippen molar-refractivity contribution < 1.29 is 14.6 Å². The van der Waals surface area contributed by atoms with Crippen LogP contribution in [0.25, 0.3) is 0 Å². The minimum Gasteiger partial charge on any atom is -0.619 e. The summed E-state index contributed by atoms with van der Waals surface area (Å²) in [6.45, 7) is 3.93. The van der Waals surface area contributed by atoms with Crippen molar-refractivity contribution in [2.75, 3.05) is 6.61 Å². The van der Waals surface area contributed by atoms with Crippen LogP contribution in [0, 0.1) is 11.1 Å². The molecular weight excluding hydrogens is 220 g/mol. The molecular formula is C12H18N2O3. The molecule has 0 aliphatic carbocycles. The Kier molecular flexibility index (Phi) is 4.90. The van der Waals surface area contributed by atoms with Gasteiger partial charge in [0.25, 0.3) is 5.91 Å². The zero-order chi connectivity index (χ0) is 12.8. The molecule has 0 aliphatic rings. The maximum atomic E-state index is 11.8. The van der Waals surface area contributed by atoms with Gasteiger partial charge in [0.05, 0.1) is 12.6 Å². The Morgan fingerprint density at radius 2 is 2.29 bits per heavy atom. The average Bonchev–Trinajstić information content (AvgIpc) is 2.27. The number of rotatable bonds is 5. The average molecular weight is 238 g/mol. The van der Waals surface area contributed by atoms with Gasteiger partial charge in [-0.3, -0.25) is 4.79 Å². The highest BCUT2D eigenvalue weighted by Crippen LogP contribution is 2.05. The molecule has 1 unspecified atom stereocenters. The van der Waals surface area contributed by atoms with Crippen LogP contribution < -0.4 is 10.0 Å². The van der Waals surface area contributed by atoms with E-state index in [1.165, 1.54) is 18.5 Å². The second-order valence-electron chi connectivity index (χ2n) is 4.44. The van der Waals surface area contributed by atoms with Gasteiger partial charge in [-0.25, -0.2) is 0 Å². The monoisotopic (exact) mass is 238 g/mol. The molecule has 5 nitrogen and oxygen atoms in total. The molecule has 94 valence electrons. The van der Waals surface area contributed by atoms with Gasteiger partial charge in [-0.05, 0) is 18.4 Å². The predicted molar refractivity (Wildman–Crippen MR) is 63.2 cm³/mol. The Morgan fingerprint density at radius 3 is 2.82 bits per heavy atom. The fraction of sp³-hybridized carbons (Fsp3) is 0.500. The third-order valence-electron chi connectivity index (χ3n) is 2.35. The van der Waals surface area contributed by atoms with Crippen molar-refractivity contribution in [1.29, 1.82) is 0 Å². The van der Waals surface area contributed by atoms with E-state index >= 15 is 0 Å². The van der Waals surface area contributed by atoms with Crippen molar-refractivity contribution in [3.8, 4) is 0 Å². The van der Waals surface area contributed by atoms with E-state index in [-0.39, 0.29) is 18.6 Å². The number of pyridine rings is 1. The number of carbonyl (C=O) groups excluding carboxylic acids is 1. The topological polar surface area (TPSA) is 76.3 Å². The van der Waals surface area contributed by atoms with E-state index in [0.717, 1.165) is 0 Å². The fourth-order valence-electron chi connectivity index (χ4n) is 1.61. The molecule has 0 saturated carbocycles. The zero-order valence-electron chi connectivity index (χ0n) is 10.1. The molecule has 1 aromatic heterocycles. The molecule has 1 aromatic rings. The standard InChI is InChI=1S/C12H18N2O3/c1-9(2)6-11(8-15)13-12(16)10-4-3-5-14(17)7-10/h3-5,7,9,11,15H,6,8H2,1-2H3,(H,13,16). The molecule has 5 heteroatoms. The van der Waals surface area contributed by atoms with E-state index in [2.05, 4.69) is 5.32 Å². The third kappa shape index (κ3) is 4.40. The van der Waals surface area contributed by atoms with Gasteiger partial charge in [0, 0.05) is 6.07 Å². The molecule has 0 spiro atoms. The largest absolute Gasteiger partial charge is 0.619 e. The Labute approximate surface area is 101 Å². The first-order valence-corrected chi connectivity index (χ1v) is 5.63. The van der Waals surface area contributed by atoms with Crippen molar-refractivity contribution in [1.82, 2.24) is 5.32 Å². The summed E-state index contributed by atoms with van der Waals surface area (Å²) in [5.74, 6) is 0.0440. The number of hydrogen-bond acceptors (Lipinski definition) is 3. The van der Waals surface area contributed by atoms with E-state index in [1.807, 2.05) is 13.8 Å². The first-order chi connectivity index (χ1) is 8.02. The molecule has 1 heterocycles. The maximum absolute atomic E-state index is 11.8. The van der Waals surface area contributed by atoms with Gasteiger partial charge in [0.2, 0.25) is 0 Å². The van der Waals surface area contributed by atoms with Crippen molar-refractivity contribution in [2.45, 2.75) is 26.3 Å². The molecule has 0 saturated heterocycles. The lowest BCUT2D eigenvalue weighted by molar-refractivity contribution is -0.605. The van der Waals surface area contributed by atoms with Crippen LogP contribution in [0.15, 0.2) is 24.5 Å². The van der Waals surface area contributed by atoms with Gasteiger partial charge in [-0.2, -0.15) is 4.73 Å². The van der Waals surface area contributed by atoms with E-state index < -0.39 is 0 Å². The van der Waals surface area contributed by atoms with Crippen LogP contribution in [0.3, 0.4) is 0 Å². The van der Waals surface area contributed by atoms with E-state index in [0.29, 0.717) is 22.6 Å². The Bertz CT molecular complexity index is 380. The summed E-state index contributed by atoms with van der Waals surface area (Å²) in [7, 11) is 0. The molecule has 0 bridgehead atoms. The number of aromatic nitrogens is 1. The lowest BCUT2D eigenvalue weighted by atomic mass is 10.0. The number of carbonyl (C=O) groups is 1.